The second-order valence-electron chi connectivity index (χ2n) is 4.80. The Bertz CT molecular complexity index is 417. The molecule has 19 heavy (non-hydrogen) atoms. The van der Waals surface area contributed by atoms with Crippen molar-refractivity contribution in [2.45, 2.75) is 33.4 Å². The number of hydrogen-bond acceptors (Lipinski definition) is 2. The first kappa shape index (κ1) is 16.1. The molecule has 0 heterocycles. The van der Waals surface area contributed by atoms with Crippen LogP contribution in [0.25, 0.3) is 0 Å². The van der Waals surface area contributed by atoms with Crippen LogP contribution >= 0.6 is 15.9 Å². The van der Waals surface area contributed by atoms with E-state index in [0.29, 0.717) is 17.6 Å². The molecule has 0 saturated heterocycles. The number of hydrogen-bond donors (Lipinski definition) is 1. The molecular weight excluding hydrogens is 311 g/mol. The summed E-state index contributed by atoms with van der Waals surface area (Å²) in [5.41, 5.74) is 0.853. The van der Waals surface area contributed by atoms with Crippen molar-refractivity contribution in [3.8, 4) is 0 Å². The Hall–Kier alpha value is -0.940. The van der Waals surface area contributed by atoms with Gasteiger partial charge in [0.2, 0.25) is 5.91 Å². The van der Waals surface area contributed by atoms with Gasteiger partial charge in [-0.15, -0.1) is 0 Å². The van der Waals surface area contributed by atoms with Crippen LogP contribution in [-0.4, -0.2) is 29.9 Å². The van der Waals surface area contributed by atoms with Crippen LogP contribution in [0.4, 0.5) is 4.39 Å². The molecule has 0 aliphatic carbocycles. The first-order chi connectivity index (χ1) is 8.90. The van der Waals surface area contributed by atoms with Crippen LogP contribution in [0.2, 0.25) is 0 Å². The van der Waals surface area contributed by atoms with Crippen LogP contribution in [0.1, 0.15) is 26.3 Å². The van der Waals surface area contributed by atoms with E-state index < -0.39 is 0 Å². The van der Waals surface area contributed by atoms with E-state index in [1.54, 1.807) is 0 Å². The quantitative estimate of drug-likeness (QED) is 0.869. The van der Waals surface area contributed by atoms with Gasteiger partial charge >= 0.3 is 0 Å². The highest BCUT2D eigenvalue weighted by atomic mass is 79.9. The van der Waals surface area contributed by atoms with Gasteiger partial charge in [0.05, 0.1) is 6.54 Å². The lowest BCUT2D eigenvalue weighted by molar-refractivity contribution is -0.122. The maximum absolute atomic E-state index is 13.3. The molecule has 0 atom stereocenters. The number of nitrogens with zero attached hydrogens (tertiary/aromatic N) is 1. The molecule has 0 fully saturated rings. The molecule has 3 nitrogen and oxygen atoms in total. The molecule has 0 spiro atoms. The largest absolute Gasteiger partial charge is 0.353 e. The number of nitrogens with one attached hydrogen (secondary N) is 1. The topological polar surface area (TPSA) is 32.3 Å². The molecule has 0 aliphatic heterocycles. The van der Waals surface area contributed by atoms with Gasteiger partial charge in [0, 0.05) is 17.1 Å². The Labute approximate surface area is 122 Å². The normalized spacial score (nSPS) is 11.1. The summed E-state index contributed by atoms with van der Waals surface area (Å²) in [6.07, 6.45) is 0. The van der Waals surface area contributed by atoms with Crippen LogP contribution in [0, 0.1) is 5.82 Å². The van der Waals surface area contributed by atoms with Crippen LogP contribution in [0.3, 0.4) is 0 Å². The second-order valence-corrected chi connectivity index (χ2v) is 5.72. The van der Waals surface area contributed by atoms with Crippen molar-refractivity contribution < 1.29 is 9.18 Å². The van der Waals surface area contributed by atoms with Crippen molar-refractivity contribution in [2.24, 2.45) is 0 Å². The zero-order chi connectivity index (χ0) is 14.4. The monoisotopic (exact) mass is 330 g/mol. The summed E-state index contributed by atoms with van der Waals surface area (Å²) in [6, 6.07) is 4.92. The van der Waals surface area contributed by atoms with Gasteiger partial charge < -0.3 is 5.32 Å². The zero-order valence-electron chi connectivity index (χ0n) is 11.5. The van der Waals surface area contributed by atoms with Gasteiger partial charge in [0.1, 0.15) is 5.82 Å². The molecule has 0 aromatic heterocycles. The number of amides is 1. The fourth-order valence-corrected chi connectivity index (χ4v) is 2.32. The van der Waals surface area contributed by atoms with E-state index in [1.807, 2.05) is 31.7 Å². The van der Waals surface area contributed by atoms with Crippen LogP contribution in [0.15, 0.2) is 22.7 Å². The Morgan fingerprint density at radius 3 is 2.63 bits per heavy atom. The van der Waals surface area contributed by atoms with Gasteiger partial charge in [0.15, 0.2) is 0 Å². The Kier molecular flexibility index (Phi) is 6.45. The lowest BCUT2D eigenvalue weighted by Crippen LogP contribution is -2.39. The number of benzene rings is 1. The van der Waals surface area contributed by atoms with E-state index in [4.69, 9.17) is 0 Å². The predicted octanol–water partition coefficient (Wildman–Crippen LogP) is 2.93. The first-order valence-corrected chi connectivity index (χ1v) is 7.16. The molecule has 0 aliphatic rings. The molecule has 0 bridgehead atoms. The summed E-state index contributed by atoms with van der Waals surface area (Å²) in [4.78, 5) is 13.7. The van der Waals surface area contributed by atoms with Gasteiger partial charge in [0.25, 0.3) is 0 Å². The SMILES string of the molecule is CCN(CC(=O)NC(C)C)Cc1cc(F)cc(Br)c1. The standard InChI is InChI=1S/C14H20BrFN2O/c1-4-18(9-14(19)17-10(2)3)8-11-5-12(15)7-13(16)6-11/h5-7,10H,4,8-9H2,1-3H3,(H,17,19). The van der Waals surface area contributed by atoms with Gasteiger partial charge in [-0.1, -0.05) is 22.9 Å². The second kappa shape index (κ2) is 7.60. The minimum Gasteiger partial charge on any atom is -0.353 e. The fourth-order valence-electron chi connectivity index (χ4n) is 1.81. The smallest absolute Gasteiger partial charge is 0.234 e. The number of rotatable bonds is 6. The Morgan fingerprint density at radius 2 is 2.11 bits per heavy atom. The molecule has 1 aromatic rings. The lowest BCUT2D eigenvalue weighted by Gasteiger charge is -2.21. The van der Waals surface area contributed by atoms with E-state index in [-0.39, 0.29) is 17.8 Å². The van der Waals surface area contributed by atoms with E-state index in [2.05, 4.69) is 21.2 Å². The number of carbonyl (C=O) groups is 1. The van der Waals surface area contributed by atoms with Crippen molar-refractivity contribution in [1.82, 2.24) is 10.2 Å². The van der Waals surface area contributed by atoms with Crippen molar-refractivity contribution in [1.29, 1.82) is 0 Å². The average Bonchev–Trinajstić information content (AvgIpc) is 2.25. The lowest BCUT2D eigenvalue weighted by atomic mass is 10.2. The van der Waals surface area contributed by atoms with E-state index >= 15 is 0 Å². The molecule has 0 saturated carbocycles. The molecule has 106 valence electrons. The minimum absolute atomic E-state index is 0.00711. The van der Waals surface area contributed by atoms with Crippen LogP contribution < -0.4 is 5.32 Å². The van der Waals surface area contributed by atoms with Crippen LogP contribution in [0.5, 0.6) is 0 Å². The first-order valence-electron chi connectivity index (χ1n) is 6.37. The number of halogens is 2. The minimum atomic E-state index is -0.271. The van der Waals surface area contributed by atoms with Crippen molar-refractivity contribution in [2.75, 3.05) is 13.1 Å². The van der Waals surface area contributed by atoms with Gasteiger partial charge in [-0.3, -0.25) is 9.69 Å². The van der Waals surface area contributed by atoms with Gasteiger partial charge in [-0.05, 0) is 44.2 Å². The highest BCUT2D eigenvalue weighted by molar-refractivity contribution is 9.10. The number of likely N-dealkylation sites (N-methyl/N-ethyl adjacent to an activating group) is 1. The van der Waals surface area contributed by atoms with Crippen molar-refractivity contribution in [3.05, 3.63) is 34.1 Å². The molecule has 1 aromatic carbocycles. The molecular formula is C14H20BrFN2O. The maximum Gasteiger partial charge on any atom is 0.234 e. The molecule has 1 amide bonds. The third-order valence-corrected chi connectivity index (χ3v) is 3.05. The Morgan fingerprint density at radius 1 is 1.42 bits per heavy atom. The summed E-state index contributed by atoms with van der Waals surface area (Å²) < 4.78 is 14.0. The molecule has 0 unspecified atom stereocenters. The Balaban J connectivity index is 2.63. The highest BCUT2D eigenvalue weighted by Crippen LogP contribution is 2.16. The summed E-state index contributed by atoms with van der Waals surface area (Å²) in [5, 5.41) is 2.85. The molecule has 5 heteroatoms. The summed E-state index contributed by atoms with van der Waals surface area (Å²) >= 11 is 3.27. The molecule has 1 rings (SSSR count). The molecule has 1 N–H and O–H groups in total. The fraction of sp³-hybridized carbons (Fsp3) is 0.500. The average molecular weight is 331 g/mol. The molecule has 0 radical (unpaired) electrons. The summed E-state index contributed by atoms with van der Waals surface area (Å²) in [6.45, 7) is 7.45. The van der Waals surface area contributed by atoms with Gasteiger partial charge in [-0.2, -0.15) is 0 Å². The summed E-state index contributed by atoms with van der Waals surface area (Å²) in [7, 11) is 0. The third-order valence-electron chi connectivity index (χ3n) is 2.59. The van der Waals surface area contributed by atoms with Crippen LogP contribution in [-0.2, 0) is 11.3 Å². The maximum atomic E-state index is 13.3. The van der Waals surface area contributed by atoms with Gasteiger partial charge in [-0.25, -0.2) is 4.39 Å². The van der Waals surface area contributed by atoms with E-state index in [1.165, 1.54) is 12.1 Å². The van der Waals surface area contributed by atoms with Crippen molar-refractivity contribution >= 4 is 21.8 Å². The summed E-state index contributed by atoms with van der Waals surface area (Å²) in [5.74, 6) is -0.278. The predicted molar refractivity (Wildman–Crippen MR) is 78.3 cm³/mol. The third kappa shape index (κ3) is 6.16. The zero-order valence-corrected chi connectivity index (χ0v) is 13.1. The van der Waals surface area contributed by atoms with E-state index in [9.17, 15) is 9.18 Å². The van der Waals surface area contributed by atoms with E-state index in [0.717, 1.165) is 12.1 Å². The number of carbonyl (C=O) groups excluding carboxylic acids is 1. The van der Waals surface area contributed by atoms with Crippen molar-refractivity contribution in [3.63, 3.8) is 0 Å². The highest BCUT2D eigenvalue weighted by Gasteiger charge is 2.11.